The lowest BCUT2D eigenvalue weighted by molar-refractivity contribution is -0.130. The van der Waals surface area contributed by atoms with Gasteiger partial charge < -0.3 is 15.1 Å². The van der Waals surface area contributed by atoms with Gasteiger partial charge in [0.25, 0.3) is 0 Å². The molecule has 1 atom stereocenters. The zero-order valence-corrected chi connectivity index (χ0v) is 18.3. The van der Waals surface area contributed by atoms with Gasteiger partial charge in [-0.05, 0) is 55.7 Å². The number of pyridine rings is 1. The summed E-state index contributed by atoms with van der Waals surface area (Å²) in [5.74, 6) is 2.62. The molecule has 1 amide bonds. The summed E-state index contributed by atoms with van der Waals surface area (Å²) >= 11 is 0. The van der Waals surface area contributed by atoms with Crippen molar-refractivity contribution >= 4 is 17.5 Å². The molecule has 3 heterocycles. The van der Waals surface area contributed by atoms with E-state index in [0.29, 0.717) is 12.3 Å². The minimum Gasteiger partial charge on any atom is -0.370 e. The number of hydrogen-bond donors (Lipinski definition) is 1. The van der Waals surface area contributed by atoms with E-state index in [4.69, 9.17) is 0 Å². The van der Waals surface area contributed by atoms with Crippen LogP contribution in [0.4, 0.5) is 11.6 Å². The second-order valence-corrected chi connectivity index (χ2v) is 8.10. The molecule has 1 saturated heterocycles. The van der Waals surface area contributed by atoms with Gasteiger partial charge in [0.2, 0.25) is 5.91 Å². The van der Waals surface area contributed by atoms with E-state index in [1.165, 1.54) is 12.0 Å². The number of rotatable bonds is 10. The van der Waals surface area contributed by atoms with E-state index in [2.05, 4.69) is 32.1 Å². The van der Waals surface area contributed by atoms with E-state index >= 15 is 0 Å². The molecule has 1 aliphatic heterocycles. The molecule has 162 valence electrons. The quantitative estimate of drug-likeness (QED) is 0.647. The Labute approximate surface area is 179 Å². The van der Waals surface area contributed by atoms with Crippen molar-refractivity contribution in [3.63, 3.8) is 0 Å². The van der Waals surface area contributed by atoms with Crippen LogP contribution in [0.15, 0.2) is 36.9 Å². The molecule has 1 unspecified atom stereocenters. The van der Waals surface area contributed by atoms with Crippen LogP contribution >= 0.6 is 0 Å². The number of carbonyl (C=O) groups excluding carboxylic acids is 1. The largest absolute Gasteiger partial charge is 0.370 e. The Bertz CT molecular complexity index is 784. The van der Waals surface area contributed by atoms with Crippen molar-refractivity contribution in [1.82, 2.24) is 19.9 Å². The minimum atomic E-state index is 0.231. The molecule has 30 heavy (non-hydrogen) atoms. The Kier molecular flexibility index (Phi) is 8.41. The number of likely N-dealkylation sites (N-methyl/N-ethyl adjacent to an activating group) is 1. The van der Waals surface area contributed by atoms with Crippen LogP contribution in [0.2, 0.25) is 0 Å². The molecular weight excluding hydrogens is 376 g/mol. The highest BCUT2D eigenvalue weighted by Gasteiger charge is 2.22. The fraction of sp³-hybridized carbons (Fsp3) is 0.565. The van der Waals surface area contributed by atoms with Gasteiger partial charge >= 0.3 is 0 Å². The zero-order valence-electron chi connectivity index (χ0n) is 18.3. The first-order valence-electron chi connectivity index (χ1n) is 11.1. The first-order valence-corrected chi connectivity index (χ1v) is 11.1. The normalized spacial score (nSPS) is 16.3. The Balaban J connectivity index is 1.45. The van der Waals surface area contributed by atoms with Gasteiger partial charge in [0.15, 0.2) is 0 Å². The standard InChI is InChI=1S/C23H34N6O/c1-3-11-25-21-16-22(27-18-26-21)29-14-4-5-20(17-29)6-7-23(30)28(2)15-10-19-8-12-24-13-9-19/h8-9,12-13,16,18,20H,3-7,10-11,14-15,17H2,1-2H3,(H,25,26,27). The predicted octanol–water partition coefficient (Wildman–Crippen LogP) is 3.39. The summed E-state index contributed by atoms with van der Waals surface area (Å²) in [6, 6.07) is 6.05. The van der Waals surface area contributed by atoms with Crippen molar-refractivity contribution in [3.8, 4) is 0 Å². The molecule has 1 N–H and O–H groups in total. The van der Waals surface area contributed by atoms with Gasteiger partial charge in [0.05, 0.1) is 0 Å². The fourth-order valence-electron chi connectivity index (χ4n) is 3.87. The number of anilines is 2. The van der Waals surface area contributed by atoms with Crippen LogP contribution < -0.4 is 10.2 Å². The third-order valence-corrected chi connectivity index (χ3v) is 5.73. The lowest BCUT2D eigenvalue weighted by Gasteiger charge is -2.33. The predicted molar refractivity (Wildman–Crippen MR) is 121 cm³/mol. The molecule has 0 aliphatic carbocycles. The van der Waals surface area contributed by atoms with Crippen molar-refractivity contribution in [2.45, 2.75) is 45.4 Å². The van der Waals surface area contributed by atoms with Crippen LogP contribution in [-0.4, -0.2) is 59.0 Å². The highest BCUT2D eigenvalue weighted by Crippen LogP contribution is 2.25. The summed E-state index contributed by atoms with van der Waals surface area (Å²) in [6.07, 6.45) is 11.0. The molecule has 0 bridgehead atoms. The number of nitrogens with one attached hydrogen (secondary N) is 1. The first-order chi connectivity index (χ1) is 14.7. The number of hydrogen-bond acceptors (Lipinski definition) is 6. The van der Waals surface area contributed by atoms with Crippen LogP contribution in [-0.2, 0) is 11.2 Å². The van der Waals surface area contributed by atoms with Crippen LogP contribution in [0.25, 0.3) is 0 Å². The number of piperidine rings is 1. The van der Waals surface area contributed by atoms with E-state index < -0.39 is 0 Å². The van der Waals surface area contributed by atoms with E-state index in [9.17, 15) is 4.79 Å². The van der Waals surface area contributed by atoms with E-state index in [1.807, 2.05) is 30.1 Å². The van der Waals surface area contributed by atoms with E-state index in [1.54, 1.807) is 18.7 Å². The van der Waals surface area contributed by atoms with E-state index in [0.717, 1.165) is 63.5 Å². The number of amides is 1. The Morgan fingerprint density at radius 1 is 1.30 bits per heavy atom. The average Bonchev–Trinajstić information content (AvgIpc) is 2.80. The SMILES string of the molecule is CCCNc1cc(N2CCCC(CCC(=O)N(C)CCc3ccncc3)C2)ncn1. The Morgan fingerprint density at radius 3 is 2.93 bits per heavy atom. The third kappa shape index (κ3) is 6.68. The van der Waals surface area contributed by atoms with Crippen LogP contribution in [0.3, 0.4) is 0 Å². The van der Waals surface area contributed by atoms with Gasteiger partial charge in [0, 0.05) is 58.1 Å². The van der Waals surface area contributed by atoms with Crippen LogP contribution in [0.5, 0.6) is 0 Å². The topological polar surface area (TPSA) is 74.2 Å². The molecule has 3 rings (SSSR count). The molecule has 0 aromatic carbocycles. The number of carbonyl (C=O) groups is 1. The summed E-state index contributed by atoms with van der Waals surface area (Å²) in [6.45, 7) is 5.77. The minimum absolute atomic E-state index is 0.231. The molecule has 2 aromatic heterocycles. The van der Waals surface area contributed by atoms with Gasteiger partial charge in [-0.15, -0.1) is 0 Å². The molecule has 1 fully saturated rings. The summed E-state index contributed by atoms with van der Waals surface area (Å²) < 4.78 is 0. The van der Waals surface area contributed by atoms with Crippen molar-refractivity contribution in [2.75, 3.05) is 43.4 Å². The highest BCUT2D eigenvalue weighted by atomic mass is 16.2. The lowest BCUT2D eigenvalue weighted by atomic mass is 9.93. The van der Waals surface area contributed by atoms with Crippen molar-refractivity contribution < 1.29 is 4.79 Å². The van der Waals surface area contributed by atoms with Crippen LogP contribution in [0, 0.1) is 5.92 Å². The summed E-state index contributed by atoms with van der Waals surface area (Å²) in [5, 5.41) is 3.33. The monoisotopic (exact) mass is 410 g/mol. The maximum Gasteiger partial charge on any atom is 0.222 e. The summed E-state index contributed by atoms with van der Waals surface area (Å²) in [4.78, 5) is 29.6. The summed E-state index contributed by atoms with van der Waals surface area (Å²) in [7, 11) is 1.91. The fourth-order valence-corrected chi connectivity index (χ4v) is 3.87. The van der Waals surface area contributed by atoms with Gasteiger partial charge in [0.1, 0.15) is 18.0 Å². The van der Waals surface area contributed by atoms with Crippen molar-refractivity contribution in [1.29, 1.82) is 0 Å². The lowest BCUT2D eigenvalue weighted by Crippen LogP contribution is -2.37. The third-order valence-electron chi connectivity index (χ3n) is 5.73. The molecular formula is C23H34N6O. The molecule has 0 saturated carbocycles. The summed E-state index contributed by atoms with van der Waals surface area (Å²) in [5.41, 5.74) is 1.21. The molecule has 1 aliphatic rings. The highest BCUT2D eigenvalue weighted by molar-refractivity contribution is 5.75. The van der Waals surface area contributed by atoms with Crippen molar-refractivity contribution in [2.24, 2.45) is 5.92 Å². The van der Waals surface area contributed by atoms with Gasteiger partial charge in [-0.3, -0.25) is 9.78 Å². The zero-order chi connectivity index (χ0) is 21.2. The average molecular weight is 411 g/mol. The Morgan fingerprint density at radius 2 is 2.13 bits per heavy atom. The van der Waals surface area contributed by atoms with Gasteiger partial charge in [-0.1, -0.05) is 6.92 Å². The van der Waals surface area contributed by atoms with Crippen molar-refractivity contribution in [3.05, 3.63) is 42.5 Å². The molecule has 7 heteroatoms. The molecule has 0 spiro atoms. The molecule has 0 radical (unpaired) electrons. The Hall–Kier alpha value is -2.70. The molecule has 2 aromatic rings. The second kappa shape index (κ2) is 11.5. The second-order valence-electron chi connectivity index (χ2n) is 8.10. The maximum atomic E-state index is 12.6. The van der Waals surface area contributed by atoms with E-state index in [-0.39, 0.29) is 5.91 Å². The molecule has 7 nitrogen and oxygen atoms in total. The number of nitrogens with zero attached hydrogens (tertiary/aromatic N) is 5. The first kappa shape index (κ1) is 22.0. The van der Waals surface area contributed by atoms with Gasteiger partial charge in [-0.2, -0.15) is 0 Å². The van der Waals surface area contributed by atoms with Gasteiger partial charge in [-0.25, -0.2) is 9.97 Å². The van der Waals surface area contributed by atoms with Crippen LogP contribution in [0.1, 0.15) is 44.6 Å². The maximum absolute atomic E-state index is 12.6. The smallest absolute Gasteiger partial charge is 0.222 e. The number of aromatic nitrogens is 3.